The molecule has 3 heterocycles. The van der Waals surface area contributed by atoms with Crippen molar-refractivity contribution in [2.45, 2.75) is 19.3 Å². The topological polar surface area (TPSA) is 131 Å². The van der Waals surface area contributed by atoms with Crippen LogP contribution in [0.5, 0.6) is 17.4 Å². The lowest BCUT2D eigenvalue weighted by Crippen LogP contribution is -2.27. The number of alkyl halides is 3. The Morgan fingerprint density at radius 3 is 2.65 bits per heavy atom. The van der Waals surface area contributed by atoms with Crippen molar-refractivity contribution in [3.8, 4) is 23.4 Å². The van der Waals surface area contributed by atoms with Gasteiger partial charge >= 0.3 is 18.0 Å². The number of ether oxygens (including phenoxy) is 2. The van der Waals surface area contributed by atoms with Crippen molar-refractivity contribution in [3.63, 3.8) is 0 Å². The van der Waals surface area contributed by atoms with E-state index in [9.17, 15) is 33.1 Å². The molecule has 10 nitrogen and oxygen atoms in total. The normalized spacial score (nSPS) is 12.7. The van der Waals surface area contributed by atoms with Gasteiger partial charge in [-0.15, -0.1) is 0 Å². The average Bonchev–Trinajstić information content (AvgIpc) is 3.23. The Hall–Kier alpha value is -4.60. The maximum atomic E-state index is 12.6. The first kappa shape index (κ1) is 22.6. The van der Waals surface area contributed by atoms with Crippen molar-refractivity contribution in [2.24, 2.45) is 0 Å². The predicted molar refractivity (Wildman–Crippen MR) is 109 cm³/mol. The summed E-state index contributed by atoms with van der Waals surface area (Å²) in [6.45, 7) is 0.214. The molecule has 4 rings (SSSR count). The average molecular weight is 473 g/mol. The maximum Gasteiger partial charge on any atom is 0.433 e. The van der Waals surface area contributed by atoms with Crippen LogP contribution in [-0.4, -0.2) is 32.3 Å². The van der Waals surface area contributed by atoms with Crippen molar-refractivity contribution in [1.29, 1.82) is 5.26 Å². The molecule has 1 amide bonds. The first-order valence-corrected chi connectivity index (χ1v) is 9.65. The number of carboxylic acid groups (broad SMARTS) is 1. The lowest BCUT2D eigenvalue weighted by atomic mass is 10.1. The second-order valence-corrected chi connectivity index (χ2v) is 7.03. The van der Waals surface area contributed by atoms with Crippen molar-refractivity contribution in [2.75, 3.05) is 11.4 Å². The van der Waals surface area contributed by atoms with E-state index in [1.807, 2.05) is 6.07 Å². The molecule has 0 spiro atoms. The molecule has 34 heavy (non-hydrogen) atoms. The van der Waals surface area contributed by atoms with Crippen molar-refractivity contribution in [1.82, 2.24) is 14.5 Å². The smallest absolute Gasteiger partial charge is 0.433 e. The monoisotopic (exact) mass is 473 g/mol. The second-order valence-electron chi connectivity index (χ2n) is 7.03. The molecule has 0 fully saturated rings. The zero-order chi connectivity index (χ0) is 24.5. The molecule has 0 unspecified atom stereocenters. The van der Waals surface area contributed by atoms with Crippen LogP contribution >= 0.6 is 0 Å². The van der Waals surface area contributed by atoms with Gasteiger partial charge in [0, 0.05) is 19.2 Å². The highest BCUT2D eigenvalue weighted by Crippen LogP contribution is 2.31. The SMILES string of the molecule is N#Cc1cc(COc2cc3n(c(=O)n2)CCN3C(=O)O)ccc1Oc1ccc(C(F)(F)F)nc1. The van der Waals surface area contributed by atoms with E-state index in [0.717, 1.165) is 23.2 Å². The summed E-state index contributed by atoms with van der Waals surface area (Å²) < 4.78 is 50.1. The van der Waals surface area contributed by atoms with Crippen molar-refractivity contribution >= 4 is 11.9 Å². The number of hydrogen-bond acceptors (Lipinski definition) is 7. The van der Waals surface area contributed by atoms with E-state index in [1.54, 1.807) is 6.07 Å². The first-order valence-electron chi connectivity index (χ1n) is 9.65. The van der Waals surface area contributed by atoms with Gasteiger partial charge in [0.1, 0.15) is 35.7 Å². The van der Waals surface area contributed by atoms with Gasteiger partial charge in [-0.1, -0.05) is 6.07 Å². The lowest BCUT2D eigenvalue weighted by molar-refractivity contribution is -0.141. The molecule has 2 aromatic heterocycles. The molecule has 1 aliphatic rings. The molecule has 3 aromatic rings. The quantitative estimate of drug-likeness (QED) is 0.597. The number of hydrogen-bond donors (Lipinski definition) is 1. The van der Waals surface area contributed by atoms with E-state index in [1.165, 1.54) is 22.8 Å². The number of pyridine rings is 1. The maximum absolute atomic E-state index is 12.6. The number of amides is 1. The fraction of sp³-hybridized carbons (Fsp3) is 0.190. The Kier molecular flexibility index (Phi) is 5.80. The van der Waals surface area contributed by atoms with Crippen LogP contribution in [0.3, 0.4) is 0 Å². The van der Waals surface area contributed by atoms with Crippen LogP contribution in [-0.2, 0) is 19.3 Å². The first-order chi connectivity index (χ1) is 16.2. The minimum Gasteiger partial charge on any atom is -0.473 e. The Morgan fingerprint density at radius 1 is 1.21 bits per heavy atom. The van der Waals surface area contributed by atoms with Crippen LogP contribution in [0.1, 0.15) is 16.8 Å². The van der Waals surface area contributed by atoms with E-state index in [0.29, 0.717) is 5.56 Å². The molecular weight excluding hydrogens is 459 g/mol. The summed E-state index contributed by atoms with van der Waals surface area (Å²) in [4.78, 5) is 31.5. The lowest BCUT2D eigenvalue weighted by Gasteiger charge is -2.13. The van der Waals surface area contributed by atoms with Crippen LogP contribution in [0.15, 0.2) is 47.4 Å². The Morgan fingerprint density at radius 2 is 2.00 bits per heavy atom. The number of carbonyl (C=O) groups is 1. The summed E-state index contributed by atoms with van der Waals surface area (Å²) in [5.74, 6) is 0.172. The second kappa shape index (κ2) is 8.74. The van der Waals surface area contributed by atoms with Crippen molar-refractivity contribution < 1.29 is 32.5 Å². The Balaban J connectivity index is 1.48. The van der Waals surface area contributed by atoms with E-state index in [4.69, 9.17) is 9.47 Å². The number of nitriles is 1. The van der Waals surface area contributed by atoms with Crippen molar-refractivity contribution in [3.05, 3.63) is 69.9 Å². The zero-order valence-corrected chi connectivity index (χ0v) is 17.1. The van der Waals surface area contributed by atoms with Gasteiger partial charge in [0.15, 0.2) is 0 Å². The highest BCUT2D eigenvalue weighted by Gasteiger charge is 2.32. The summed E-state index contributed by atoms with van der Waals surface area (Å²) in [5, 5.41) is 18.7. The number of aromatic nitrogens is 3. The fourth-order valence-corrected chi connectivity index (χ4v) is 3.23. The van der Waals surface area contributed by atoms with Gasteiger partial charge in [-0.05, 0) is 29.8 Å². The number of anilines is 1. The molecular formula is C21H14F3N5O5. The predicted octanol–water partition coefficient (Wildman–Crippen LogP) is 3.40. The molecule has 0 bridgehead atoms. The van der Waals surface area contributed by atoms with E-state index in [2.05, 4.69) is 9.97 Å². The Labute approximate surface area is 189 Å². The number of nitrogens with zero attached hydrogens (tertiary/aromatic N) is 5. The summed E-state index contributed by atoms with van der Waals surface area (Å²) in [6, 6.07) is 9.55. The molecule has 1 aliphatic heterocycles. The Bertz CT molecular complexity index is 1350. The van der Waals surface area contributed by atoms with Crippen LogP contribution < -0.4 is 20.1 Å². The zero-order valence-electron chi connectivity index (χ0n) is 17.1. The molecule has 0 aliphatic carbocycles. The van der Waals surface area contributed by atoms with Gasteiger partial charge in [0.25, 0.3) is 0 Å². The standard InChI is InChI=1S/C21H14F3N5O5/c22-21(23,24)16-4-2-14(10-26-16)34-15-3-1-12(7-13(15)9-25)11-33-17-8-18-28(19(30)27-17)5-6-29(18)20(31)32/h1-4,7-8,10H,5-6,11H2,(H,31,32). The summed E-state index contributed by atoms with van der Waals surface area (Å²) >= 11 is 0. The summed E-state index contributed by atoms with van der Waals surface area (Å²) in [5.41, 5.74) is -1.13. The highest BCUT2D eigenvalue weighted by atomic mass is 19.4. The molecule has 1 N–H and O–H groups in total. The molecule has 0 atom stereocenters. The van der Waals surface area contributed by atoms with Crippen LogP contribution in [0.4, 0.5) is 23.8 Å². The molecule has 1 aromatic carbocycles. The molecule has 13 heteroatoms. The van der Waals surface area contributed by atoms with Gasteiger partial charge in [-0.3, -0.25) is 9.47 Å². The third-order valence-corrected chi connectivity index (χ3v) is 4.83. The molecule has 174 valence electrons. The minimum atomic E-state index is -4.58. The largest absolute Gasteiger partial charge is 0.473 e. The fourth-order valence-electron chi connectivity index (χ4n) is 3.23. The third kappa shape index (κ3) is 4.60. The van der Waals surface area contributed by atoms with Crippen LogP contribution in [0, 0.1) is 11.3 Å². The molecule has 0 radical (unpaired) electrons. The summed E-state index contributed by atoms with van der Waals surface area (Å²) in [7, 11) is 0. The van der Waals surface area contributed by atoms with Crippen LogP contribution in [0.2, 0.25) is 0 Å². The van der Waals surface area contributed by atoms with Gasteiger partial charge in [0.2, 0.25) is 5.88 Å². The van der Waals surface area contributed by atoms with Crippen LogP contribution in [0.25, 0.3) is 0 Å². The van der Waals surface area contributed by atoms with E-state index >= 15 is 0 Å². The van der Waals surface area contributed by atoms with Gasteiger partial charge < -0.3 is 14.6 Å². The number of rotatable bonds is 5. The van der Waals surface area contributed by atoms with Gasteiger partial charge in [-0.2, -0.15) is 23.4 Å². The van der Waals surface area contributed by atoms with E-state index in [-0.39, 0.29) is 48.5 Å². The summed E-state index contributed by atoms with van der Waals surface area (Å²) in [6.07, 6.45) is -4.89. The van der Waals surface area contributed by atoms with Gasteiger partial charge in [-0.25, -0.2) is 14.6 Å². The molecule has 0 saturated heterocycles. The minimum absolute atomic E-state index is 0.0132. The highest BCUT2D eigenvalue weighted by molar-refractivity contribution is 5.85. The number of fused-ring (bicyclic) bond motifs is 1. The number of halogens is 3. The van der Waals surface area contributed by atoms with Gasteiger partial charge in [0.05, 0.1) is 11.8 Å². The third-order valence-electron chi connectivity index (χ3n) is 4.83. The van der Waals surface area contributed by atoms with E-state index < -0.39 is 23.7 Å². The number of benzene rings is 1. The molecule has 0 saturated carbocycles.